The molecule has 0 unspecified atom stereocenters. The number of unbranched alkanes of at least 4 members (excludes halogenated alkanes) is 1. The van der Waals surface area contributed by atoms with Crippen molar-refractivity contribution in [2.75, 3.05) is 38.7 Å². The van der Waals surface area contributed by atoms with Crippen LogP contribution in [0.1, 0.15) is 93.9 Å². The van der Waals surface area contributed by atoms with Gasteiger partial charge in [0.1, 0.15) is 5.52 Å². The van der Waals surface area contributed by atoms with Crippen LogP contribution in [-0.4, -0.2) is 80.4 Å². The van der Waals surface area contributed by atoms with Gasteiger partial charge in [0.05, 0.1) is 19.8 Å². The van der Waals surface area contributed by atoms with Crippen LogP contribution in [0.4, 0.5) is 15.4 Å². The molecule has 3 aliphatic rings. The number of amides is 2. The van der Waals surface area contributed by atoms with E-state index in [2.05, 4.69) is 32.3 Å². The maximum Gasteiger partial charge on any atom is 0.412 e. The average molecular weight is 634 g/mol. The van der Waals surface area contributed by atoms with E-state index in [4.69, 9.17) is 9.47 Å². The Labute approximate surface area is 270 Å². The fourth-order valence-electron chi connectivity index (χ4n) is 6.84. The number of carbonyl (C=O) groups excluding carboxylic acids is 2. The number of hydrogen-bond acceptors (Lipinski definition) is 8. The van der Waals surface area contributed by atoms with Crippen LogP contribution in [-0.2, 0) is 30.7 Å². The van der Waals surface area contributed by atoms with Gasteiger partial charge in [-0.1, -0.05) is 38.8 Å². The predicted molar refractivity (Wildman–Crippen MR) is 176 cm³/mol. The lowest BCUT2D eigenvalue weighted by Crippen LogP contribution is -2.43. The van der Waals surface area contributed by atoms with Crippen molar-refractivity contribution in [3.63, 3.8) is 0 Å². The number of carbonyl (C=O) groups is 2. The molecule has 1 aliphatic carbocycles. The van der Waals surface area contributed by atoms with Crippen LogP contribution in [0.15, 0.2) is 16.9 Å². The molecular weight excluding hydrogens is 586 g/mol. The Morgan fingerprint density at radius 3 is 2.63 bits per heavy atom. The summed E-state index contributed by atoms with van der Waals surface area (Å²) in [5.74, 6) is 0.00459. The van der Waals surface area contributed by atoms with E-state index in [1.807, 2.05) is 13.8 Å². The number of ether oxygens (including phenoxy) is 2. The van der Waals surface area contributed by atoms with Gasteiger partial charge < -0.3 is 14.4 Å². The lowest BCUT2D eigenvalue weighted by Gasteiger charge is -2.41. The summed E-state index contributed by atoms with van der Waals surface area (Å²) in [6.07, 6.45) is 10.3. The summed E-state index contributed by atoms with van der Waals surface area (Å²) >= 11 is 0. The van der Waals surface area contributed by atoms with Gasteiger partial charge in [0.25, 0.3) is 0 Å². The summed E-state index contributed by atoms with van der Waals surface area (Å²) in [6, 6.07) is 4.66. The summed E-state index contributed by atoms with van der Waals surface area (Å²) in [5.41, 5.74) is 4.94. The Bertz CT molecular complexity index is 1640. The van der Waals surface area contributed by atoms with Crippen molar-refractivity contribution < 1.29 is 19.1 Å². The second kappa shape index (κ2) is 14.2. The topological polar surface area (TPSA) is 124 Å². The molecule has 1 N–H and O–H groups in total. The van der Waals surface area contributed by atoms with Crippen molar-refractivity contribution in [2.24, 2.45) is 0 Å². The number of aryl methyl sites for hydroxylation is 1. The molecule has 4 heterocycles. The Hall–Kier alpha value is -3.93. The number of hydrogen-bond donors (Lipinski definition) is 1. The third kappa shape index (κ3) is 6.63. The first-order valence-electron chi connectivity index (χ1n) is 17.1. The van der Waals surface area contributed by atoms with Crippen molar-refractivity contribution in [3.8, 4) is 6.01 Å². The van der Waals surface area contributed by atoms with Crippen molar-refractivity contribution in [1.29, 1.82) is 0 Å². The van der Waals surface area contributed by atoms with Crippen LogP contribution < -0.4 is 15.7 Å². The van der Waals surface area contributed by atoms with Gasteiger partial charge in [0.2, 0.25) is 0 Å². The SMILES string of the molecule is CCCCOC(=O)Nc1nc2nc3c1n(C(=O)N(C)CCC)c(=O)n3Cc1cc(c3c(c1)CN(C1CCC1)CC3)CCCCCO2. The van der Waals surface area contributed by atoms with Crippen molar-refractivity contribution in [2.45, 2.75) is 104 Å². The maximum atomic E-state index is 14.3. The fraction of sp³-hybridized carbons (Fsp3) is 0.618. The maximum absolute atomic E-state index is 14.3. The van der Waals surface area contributed by atoms with E-state index in [0.717, 1.165) is 68.2 Å². The zero-order valence-corrected chi connectivity index (χ0v) is 27.5. The molecule has 3 aromatic rings. The minimum Gasteiger partial charge on any atom is -0.463 e. The van der Waals surface area contributed by atoms with Crippen LogP contribution in [0.5, 0.6) is 6.01 Å². The minimum absolute atomic E-state index is 0.00459. The van der Waals surface area contributed by atoms with E-state index in [-0.39, 0.29) is 36.1 Å². The Balaban J connectivity index is 1.48. The molecule has 0 atom stereocenters. The lowest BCUT2D eigenvalue weighted by molar-refractivity contribution is 0.113. The number of anilines is 1. The molecule has 0 radical (unpaired) electrons. The molecule has 12 heteroatoms. The molecule has 1 saturated carbocycles. The third-order valence-electron chi connectivity index (χ3n) is 9.55. The lowest BCUT2D eigenvalue weighted by atomic mass is 9.86. The molecule has 1 fully saturated rings. The predicted octanol–water partition coefficient (Wildman–Crippen LogP) is 5.32. The molecule has 12 nitrogen and oxygen atoms in total. The van der Waals surface area contributed by atoms with Gasteiger partial charge in [-0.15, -0.1) is 0 Å². The molecule has 248 valence electrons. The van der Waals surface area contributed by atoms with Gasteiger partial charge in [0, 0.05) is 32.7 Å². The van der Waals surface area contributed by atoms with Crippen molar-refractivity contribution in [3.05, 3.63) is 44.9 Å². The van der Waals surface area contributed by atoms with Gasteiger partial charge in [-0.3, -0.25) is 14.8 Å². The van der Waals surface area contributed by atoms with Gasteiger partial charge in [-0.2, -0.15) is 9.97 Å². The first kappa shape index (κ1) is 32.0. The number of nitrogens with one attached hydrogen (secondary N) is 1. The summed E-state index contributed by atoms with van der Waals surface area (Å²) in [4.78, 5) is 54.2. The van der Waals surface area contributed by atoms with Crippen LogP contribution in [0.25, 0.3) is 11.2 Å². The normalized spacial score (nSPS) is 17.1. The van der Waals surface area contributed by atoms with Crippen molar-refractivity contribution in [1.82, 2.24) is 28.9 Å². The quantitative estimate of drug-likeness (QED) is 0.347. The van der Waals surface area contributed by atoms with E-state index in [1.54, 1.807) is 7.05 Å². The number of benzene rings is 1. The highest BCUT2D eigenvalue weighted by atomic mass is 16.5. The molecule has 0 spiro atoms. The molecule has 2 aromatic heterocycles. The molecule has 1 aromatic carbocycles. The zero-order chi connectivity index (χ0) is 32.2. The fourth-order valence-corrected chi connectivity index (χ4v) is 6.84. The van der Waals surface area contributed by atoms with Gasteiger partial charge >= 0.3 is 23.8 Å². The molecule has 4 bridgehead atoms. The van der Waals surface area contributed by atoms with Crippen LogP contribution in [0, 0.1) is 0 Å². The van der Waals surface area contributed by atoms with Gasteiger partial charge in [-0.05, 0) is 80.0 Å². The molecule has 2 aliphatic heterocycles. The summed E-state index contributed by atoms with van der Waals surface area (Å²) in [6.45, 7) is 7.29. The van der Waals surface area contributed by atoms with Crippen LogP contribution in [0.2, 0.25) is 0 Å². The second-order valence-corrected chi connectivity index (χ2v) is 12.9. The standard InChI is InChI=1S/C34H47N7O5/c1-4-6-17-46-32(42)36-29-28-30-37-31(35-29)45-18-9-7-8-11-24-19-23(20-25-22-39(16-14-27(24)25)26-12-10-13-26)21-40(30)34(44)41(28)33(43)38(3)15-5-2/h19-20,26H,4-18,21-22H2,1-3H3,(H,35,36,37,42). The molecule has 6 rings (SSSR count). The number of nitrogens with zero attached hydrogens (tertiary/aromatic N) is 6. The summed E-state index contributed by atoms with van der Waals surface area (Å²) in [7, 11) is 1.66. The van der Waals surface area contributed by atoms with Gasteiger partial charge in [0.15, 0.2) is 11.5 Å². The largest absolute Gasteiger partial charge is 0.463 e. The van der Waals surface area contributed by atoms with Gasteiger partial charge in [-0.25, -0.2) is 19.0 Å². The van der Waals surface area contributed by atoms with E-state index < -0.39 is 17.8 Å². The van der Waals surface area contributed by atoms with E-state index in [9.17, 15) is 14.4 Å². The zero-order valence-electron chi connectivity index (χ0n) is 27.5. The first-order chi connectivity index (χ1) is 22.4. The number of aromatic nitrogens is 4. The highest BCUT2D eigenvalue weighted by Crippen LogP contribution is 2.33. The summed E-state index contributed by atoms with van der Waals surface area (Å²) in [5, 5.41) is 2.69. The molecular formula is C34H47N7O5. The average Bonchev–Trinajstić information content (AvgIpc) is 3.28. The Morgan fingerprint density at radius 1 is 1.04 bits per heavy atom. The Morgan fingerprint density at radius 2 is 1.87 bits per heavy atom. The van der Waals surface area contributed by atoms with Crippen molar-refractivity contribution >= 4 is 29.1 Å². The summed E-state index contributed by atoms with van der Waals surface area (Å²) < 4.78 is 13.9. The minimum atomic E-state index is -0.717. The number of rotatable bonds is 7. The Kier molecular flexibility index (Phi) is 9.91. The van der Waals surface area contributed by atoms with E-state index >= 15 is 0 Å². The van der Waals surface area contributed by atoms with E-state index in [0.29, 0.717) is 25.6 Å². The molecule has 46 heavy (non-hydrogen) atoms. The smallest absolute Gasteiger partial charge is 0.412 e. The number of fused-ring (bicyclic) bond motifs is 5. The highest BCUT2D eigenvalue weighted by Gasteiger charge is 2.31. The first-order valence-corrected chi connectivity index (χ1v) is 17.1. The van der Waals surface area contributed by atoms with Crippen LogP contribution in [0.3, 0.4) is 0 Å². The second-order valence-electron chi connectivity index (χ2n) is 12.9. The highest BCUT2D eigenvalue weighted by molar-refractivity contribution is 5.98. The monoisotopic (exact) mass is 633 g/mol. The molecule has 2 amide bonds. The van der Waals surface area contributed by atoms with E-state index in [1.165, 1.54) is 45.4 Å². The molecule has 0 saturated heterocycles. The van der Waals surface area contributed by atoms with Crippen LogP contribution >= 0.6 is 0 Å². The number of imidazole rings is 1. The third-order valence-corrected chi connectivity index (χ3v) is 9.55.